The van der Waals surface area contributed by atoms with Gasteiger partial charge in [-0.2, -0.15) is 4.39 Å². The molecule has 0 saturated heterocycles. The zero-order valence-electron chi connectivity index (χ0n) is 7.85. The number of rotatable bonds is 1. The fraction of sp³-hybridized carbons (Fsp3) is 0. The molecule has 0 aliphatic rings. The predicted octanol–water partition coefficient (Wildman–Crippen LogP) is 4.85. The highest BCUT2D eigenvalue weighted by atomic mass is 35.5. The van der Waals surface area contributed by atoms with Crippen LogP contribution in [0.1, 0.15) is 0 Å². The van der Waals surface area contributed by atoms with Crippen LogP contribution in [-0.4, -0.2) is 4.98 Å². The first-order valence-electron chi connectivity index (χ1n) is 4.35. The Morgan fingerprint density at radius 1 is 0.938 bits per heavy atom. The second-order valence-electron chi connectivity index (χ2n) is 3.13. The van der Waals surface area contributed by atoms with Crippen LogP contribution in [0, 0.1) is 5.95 Å². The van der Waals surface area contributed by atoms with E-state index in [-0.39, 0.29) is 5.15 Å². The van der Waals surface area contributed by atoms with Crippen LogP contribution in [0.25, 0.3) is 11.1 Å². The van der Waals surface area contributed by atoms with Gasteiger partial charge in [0.2, 0.25) is 5.95 Å². The van der Waals surface area contributed by atoms with E-state index in [1.165, 1.54) is 12.1 Å². The highest BCUT2D eigenvalue weighted by molar-refractivity contribution is 6.35. The summed E-state index contributed by atoms with van der Waals surface area (Å²) in [5.41, 5.74) is 0.882. The lowest BCUT2D eigenvalue weighted by Crippen LogP contribution is -1.89. The maximum Gasteiger partial charge on any atom is 0.222 e. The minimum atomic E-state index is -0.647. The summed E-state index contributed by atoms with van der Waals surface area (Å²) < 4.78 is 13.5. The fourth-order valence-electron chi connectivity index (χ4n) is 1.34. The normalized spacial score (nSPS) is 10.5. The van der Waals surface area contributed by atoms with Crippen LogP contribution in [0.3, 0.4) is 0 Å². The van der Waals surface area contributed by atoms with E-state index in [0.29, 0.717) is 21.2 Å². The van der Waals surface area contributed by atoms with Crippen LogP contribution >= 0.6 is 34.8 Å². The first-order chi connectivity index (χ1) is 7.56. The maximum absolute atomic E-state index is 13.5. The highest BCUT2D eigenvalue weighted by Gasteiger charge is 2.08. The summed E-state index contributed by atoms with van der Waals surface area (Å²) in [5.74, 6) is -0.647. The number of hydrogen-bond donors (Lipinski definition) is 0. The molecule has 2 aromatic rings. The van der Waals surface area contributed by atoms with E-state index in [0.717, 1.165) is 0 Å². The highest BCUT2D eigenvalue weighted by Crippen LogP contribution is 2.28. The lowest BCUT2D eigenvalue weighted by Gasteiger charge is -2.04. The van der Waals surface area contributed by atoms with Crippen molar-refractivity contribution in [2.24, 2.45) is 0 Å². The SMILES string of the molecule is Fc1nc(Cl)ccc1-c1cc(Cl)cc(Cl)c1. The number of halogens is 4. The van der Waals surface area contributed by atoms with Crippen molar-refractivity contribution < 1.29 is 4.39 Å². The molecule has 1 aromatic heterocycles. The van der Waals surface area contributed by atoms with Crippen molar-refractivity contribution in [3.05, 3.63) is 51.5 Å². The third kappa shape index (κ3) is 2.46. The van der Waals surface area contributed by atoms with Crippen LogP contribution in [0.5, 0.6) is 0 Å². The lowest BCUT2D eigenvalue weighted by molar-refractivity contribution is 0.588. The summed E-state index contributed by atoms with van der Waals surface area (Å²) in [6.07, 6.45) is 0. The monoisotopic (exact) mass is 275 g/mol. The van der Waals surface area contributed by atoms with E-state index in [1.807, 2.05) is 0 Å². The smallest absolute Gasteiger partial charge is 0.207 e. The van der Waals surface area contributed by atoms with Crippen molar-refractivity contribution in [2.45, 2.75) is 0 Å². The van der Waals surface area contributed by atoms with Gasteiger partial charge in [-0.15, -0.1) is 0 Å². The number of pyridine rings is 1. The second kappa shape index (κ2) is 4.58. The summed E-state index contributed by atoms with van der Waals surface area (Å²) in [6.45, 7) is 0. The van der Waals surface area contributed by atoms with Crippen LogP contribution in [0.2, 0.25) is 15.2 Å². The van der Waals surface area contributed by atoms with E-state index in [1.54, 1.807) is 18.2 Å². The van der Waals surface area contributed by atoms with Gasteiger partial charge in [0.15, 0.2) is 0 Å². The molecule has 0 aliphatic heterocycles. The molecular formula is C11H5Cl3FN. The summed E-state index contributed by atoms with van der Waals surface area (Å²) in [7, 11) is 0. The first-order valence-corrected chi connectivity index (χ1v) is 5.48. The molecule has 16 heavy (non-hydrogen) atoms. The van der Waals surface area contributed by atoms with Crippen LogP contribution in [0.15, 0.2) is 30.3 Å². The third-order valence-electron chi connectivity index (χ3n) is 1.99. The van der Waals surface area contributed by atoms with Gasteiger partial charge in [0.25, 0.3) is 0 Å². The topological polar surface area (TPSA) is 12.9 Å². The molecule has 0 bridgehead atoms. The molecule has 0 amide bonds. The largest absolute Gasteiger partial charge is 0.222 e. The summed E-state index contributed by atoms with van der Waals surface area (Å²) >= 11 is 17.2. The summed E-state index contributed by atoms with van der Waals surface area (Å²) in [4.78, 5) is 3.52. The van der Waals surface area contributed by atoms with Gasteiger partial charge in [-0.3, -0.25) is 0 Å². The van der Waals surface area contributed by atoms with Crippen LogP contribution < -0.4 is 0 Å². The molecule has 0 atom stereocenters. The standard InChI is InChI=1S/C11H5Cl3FN/c12-7-3-6(4-8(13)5-7)9-1-2-10(14)16-11(9)15/h1-5H. The Kier molecular flexibility index (Phi) is 3.33. The molecule has 0 unspecified atom stereocenters. The van der Waals surface area contributed by atoms with Gasteiger partial charge in [-0.1, -0.05) is 34.8 Å². The zero-order valence-corrected chi connectivity index (χ0v) is 10.1. The Bertz CT molecular complexity index is 522. The maximum atomic E-state index is 13.5. The molecule has 1 heterocycles. The minimum absolute atomic E-state index is 0.106. The third-order valence-corrected chi connectivity index (χ3v) is 2.64. The quantitative estimate of drug-likeness (QED) is 0.679. The molecule has 1 nitrogen and oxygen atoms in total. The molecule has 0 N–H and O–H groups in total. The Balaban J connectivity index is 2.58. The van der Waals surface area contributed by atoms with Gasteiger partial charge < -0.3 is 0 Å². The first kappa shape index (κ1) is 11.6. The molecule has 0 spiro atoms. The van der Waals surface area contributed by atoms with Gasteiger partial charge in [-0.25, -0.2) is 4.98 Å². The molecule has 0 aliphatic carbocycles. The van der Waals surface area contributed by atoms with Crippen molar-refractivity contribution in [3.63, 3.8) is 0 Å². The zero-order chi connectivity index (χ0) is 11.7. The lowest BCUT2D eigenvalue weighted by atomic mass is 10.1. The number of aromatic nitrogens is 1. The molecule has 82 valence electrons. The molecular weight excluding hydrogens is 271 g/mol. The van der Waals surface area contributed by atoms with E-state index in [9.17, 15) is 4.39 Å². The van der Waals surface area contributed by atoms with Crippen molar-refractivity contribution >= 4 is 34.8 Å². The van der Waals surface area contributed by atoms with Gasteiger partial charge >= 0.3 is 0 Å². The predicted molar refractivity (Wildman–Crippen MR) is 64.7 cm³/mol. The minimum Gasteiger partial charge on any atom is -0.207 e. The van der Waals surface area contributed by atoms with Crippen molar-refractivity contribution in [1.82, 2.24) is 4.98 Å². The van der Waals surface area contributed by atoms with Crippen molar-refractivity contribution in [3.8, 4) is 11.1 Å². The molecule has 0 radical (unpaired) electrons. The molecule has 0 fully saturated rings. The average Bonchev–Trinajstić information content (AvgIpc) is 2.15. The molecule has 5 heteroatoms. The Labute approximate surface area is 107 Å². The molecule has 0 saturated carbocycles. The fourth-order valence-corrected chi connectivity index (χ4v) is 2.00. The summed E-state index contributed by atoms with van der Waals surface area (Å²) in [5, 5.41) is 0.989. The number of hydrogen-bond acceptors (Lipinski definition) is 1. The van der Waals surface area contributed by atoms with E-state index in [2.05, 4.69) is 4.98 Å². The van der Waals surface area contributed by atoms with Gasteiger partial charge in [0.1, 0.15) is 5.15 Å². The van der Waals surface area contributed by atoms with Gasteiger partial charge in [0.05, 0.1) is 0 Å². The van der Waals surface area contributed by atoms with Crippen LogP contribution in [0.4, 0.5) is 4.39 Å². The van der Waals surface area contributed by atoms with E-state index in [4.69, 9.17) is 34.8 Å². The van der Waals surface area contributed by atoms with Gasteiger partial charge in [-0.05, 0) is 35.9 Å². The average molecular weight is 277 g/mol. The van der Waals surface area contributed by atoms with Crippen molar-refractivity contribution in [2.75, 3.05) is 0 Å². The summed E-state index contributed by atoms with van der Waals surface area (Å²) in [6, 6.07) is 7.85. The Hall–Kier alpha value is -0.830. The number of benzene rings is 1. The van der Waals surface area contributed by atoms with E-state index >= 15 is 0 Å². The second-order valence-corrected chi connectivity index (χ2v) is 4.39. The Morgan fingerprint density at radius 2 is 1.56 bits per heavy atom. The molecule has 2 rings (SSSR count). The van der Waals surface area contributed by atoms with Gasteiger partial charge in [0, 0.05) is 15.6 Å². The molecule has 1 aromatic carbocycles. The Morgan fingerprint density at radius 3 is 2.12 bits per heavy atom. The van der Waals surface area contributed by atoms with Crippen LogP contribution in [-0.2, 0) is 0 Å². The van der Waals surface area contributed by atoms with E-state index < -0.39 is 5.95 Å². The number of nitrogens with zero attached hydrogens (tertiary/aromatic N) is 1. The van der Waals surface area contributed by atoms with Crippen molar-refractivity contribution in [1.29, 1.82) is 0 Å².